The van der Waals surface area contributed by atoms with E-state index in [1.54, 1.807) is 43.6 Å². The van der Waals surface area contributed by atoms with Gasteiger partial charge in [0.1, 0.15) is 12.3 Å². The topological polar surface area (TPSA) is 60.5 Å². The maximum atomic E-state index is 12.4. The van der Waals surface area contributed by atoms with Crippen LogP contribution in [0.15, 0.2) is 36.5 Å². The number of anilines is 1. The van der Waals surface area contributed by atoms with E-state index in [-0.39, 0.29) is 5.91 Å². The number of hydrogen-bond acceptors (Lipinski definition) is 4. The maximum absolute atomic E-state index is 12.4. The molecule has 0 saturated carbocycles. The quantitative estimate of drug-likeness (QED) is 0.559. The predicted molar refractivity (Wildman–Crippen MR) is 93.7 cm³/mol. The Morgan fingerprint density at radius 1 is 1.36 bits per heavy atom. The zero-order valence-electron chi connectivity index (χ0n) is 11.8. The van der Waals surface area contributed by atoms with Gasteiger partial charge in [0.2, 0.25) is 5.88 Å². The van der Waals surface area contributed by atoms with Gasteiger partial charge in [0.15, 0.2) is 0 Å². The van der Waals surface area contributed by atoms with E-state index in [1.807, 2.05) is 0 Å². The van der Waals surface area contributed by atoms with E-state index in [0.29, 0.717) is 35.4 Å². The summed E-state index contributed by atoms with van der Waals surface area (Å²) in [5.41, 5.74) is 0.999. The second-order valence-corrected chi connectivity index (χ2v) is 5.87. The number of ether oxygens (including phenoxy) is 2. The first-order chi connectivity index (χ1) is 10.6. The van der Waals surface area contributed by atoms with Gasteiger partial charge in [0, 0.05) is 21.9 Å². The van der Waals surface area contributed by atoms with Gasteiger partial charge < -0.3 is 14.8 Å². The van der Waals surface area contributed by atoms with Crippen molar-refractivity contribution in [3.8, 4) is 5.88 Å². The average molecular weight is 433 g/mol. The van der Waals surface area contributed by atoms with E-state index in [1.165, 1.54) is 0 Å². The Morgan fingerprint density at radius 2 is 2.18 bits per heavy atom. The Hall–Kier alpha value is -1.38. The smallest absolute Gasteiger partial charge is 0.256 e. The molecular weight excluding hydrogens is 419 g/mol. The highest BCUT2D eigenvalue weighted by Crippen LogP contribution is 2.23. The minimum absolute atomic E-state index is 0.267. The molecule has 7 heteroatoms. The molecule has 22 heavy (non-hydrogen) atoms. The number of carbonyl (C=O) groups is 1. The lowest BCUT2D eigenvalue weighted by atomic mass is 10.2. The first kappa shape index (κ1) is 17.0. The van der Waals surface area contributed by atoms with Crippen LogP contribution in [-0.4, -0.2) is 31.2 Å². The molecule has 0 spiro atoms. The zero-order chi connectivity index (χ0) is 15.9. The number of aromatic nitrogens is 1. The van der Waals surface area contributed by atoms with E-state index < -0.39 is 0 Å². The molecule has 1 aromatic heterocycles. The Balaban J connectivity index is 2.16. The van der Waals surface area contributed by atoms with E-state index in [9.17, 15) is 4.79 Å². The van der Waals surface area contributed by atoms with Crippen molar-refractivity contribution in [3.63, 3.8) is 0 Å². The van der Waals surface area contributed by atoms with E-state index >= 15 is 0 Å². The van der Waals surface area contributed by atoms with Crippen LogP contribution in [0.2, 0.25) is 5.02 Å². The highest BCUT2D eigenvalue weighted by Gasteiger charge is 2.14. The van der Waals surface area contributed by atoms with Gasteiger partial charge in [-0.25, -0.2) is 4.98 Å². The standard InChI is InChI=1S/C15H14ClIN2O3/c1-21-7-8-22-15-13(3-2-6-18-15)19-14(20)11-9-10(16)4-5-12(11)17/h2-6,9H,7-8H2,1H3,(H,19,20). The number of rotatable bonds is 6. The highest BCUT2D eigenvalue weighted by atomic mass is 127. The number of hydrogen-bond donors (Lipinski definition) is 1. The fourth-order valence-electron chi connectivity index (χ4n) is 1.68. The lowest BCUT2D eigenvalue weighted by Gasteiger charge is -2.11. The Morgan fingerprint density at radius 3 is 2.95 bits per heavy atom. The summed E-state index contributed by atoms with van der Waals surface area (Å²) in [6.07, 6.45) is 1.60. The van der Waals surface area contributed by atoms with Gasteiger partial charge in [-0.3, -0.25) is 4.79 Å². The van der Waals surface area contributed by atoms with Crippen LogP contribution < -0.4 is 10.1 Å². The molecule has 0 bridgehead atoms. The zero-order valence-corrected chi connectivity index (χ0v) is 14.7. The van der Waals surface area contributed by atoms with Gasteiger partial charge in [-0.15, -0.1) is 0 Å². The number of halogens is 2. The number of nitrogens with one attached hydrogen (secondary N) is 1. The van der Waals surface area contributed by atoms with E-state index in [2.05, 4.69) is 32.9 Å². The number of methoxy groups -OCH3 is 1. The summed E-state index contributed by atoms with van der Waals surface area (Å²) >= 11 is 8.03. The van der Waals surface area contributed by atoms with Crippen molar-refractivity contribution in [1.29, 1.82) is 0 Å². The summed E-state index contributed by atoms with van der Waals surface area (Å²) < 4.78 is 11.2. The van der Waals surface area contributed by atoms with Crippen LogP contribution in [0.4, 0.5) is 5.69 Å². The number of pyridine rings is 1. The van der Waals surface area contributed by atoms with Crippen molar-refractivity contribution in [2.75, 3.05) is 25.6 Å². The predicted octanol–water partition coefficient (Wildman–Crippen LogP) is 3.62. The van der Waals surface area contributed by atoms with Gasteiger partial charge in [-0.2, -0.15) is 0 Å². The Labute approximate surface area is 147 Å². The van der Waals surface area contributed by atoms with Gasteiger partial charge in [-0.1, -0.05) is 11.6 Å². The highest BCUT2D eigenvalue weighted by molar-refractivity contribution is 14.1. The van der Waals surface area contributed by atoms with Gasteiger partial charge >= 0.3 is 0 Å². The van der Waals surface area contributed by atoms with Crippen LogP contribution >= 0.6 is 34.2 Å². The summed E-state index contributed by atoms with van der Waals surface area (Å²) in [6, 6.07) is 8.60. The molecule has 2 aromatic rings. The van der Waals surface area contributed by atoms with Crippen LogP contribution in [0.25, 0.3) is 0 Å². The fourth-order valence-corrected chi connectivity index (χ4v) is 2.44. The molecule has 0 aliphatic heterocycles. The number of benzene rings is 1. The minimum atomic E-state index is -0.267. The molecule has 0 aliphatic rings. The molecule has 1 aromatic carbocycles. The molecule has 2 rings (SSSR count). The number of amides is 1. The molecule has 0 fully saturated rings. The van der Waals surface area contributed by atoms with Crippen molar-refractivity contribution >= 4 is 45.8 Å². The van der Waals surface area contributed by atoms with Crippen LogP contribution in [0, 0.1) is 3.57 Å². The van der Waals surface area contributed by atoms with Crippen LogP contribution in [0.5, 0.6) is 5.88 Å². The number of nitrogens with zero attached hydrogens (tertiary/aromatic N) is 1. The molecule has 116 valence electrons. The molecule has 0 aliphatic carbocycles. The van der Waals surface area contributed by atoms with Crippen molar-refractivity contribution < 1.29 is 14.3 Å². The first-order valence-electron chi connectivity index (χ1n) is 6.45. The monoisotopic (exact) mass is 432 g/mol. The van der Waals surface area contributed by atoms with Crippen molar-refractivity contribution in [2.24, 2.45) is 0 Å². The molecule has 5 nitrogen and oxygen atoms in total. The molecule has 1 heterocycles. The summed E-state index contributed by atoms with van der Waals surface area (Å²) in [4.78, 5) is 16.5. The third kappa shape index (κ3) is 4.56. The summed E-state index contributed by atoms with van der Waals surface area (Å²) in [5, 5.41) is 3.30. The molecule has 0 saturated heterocycles. The van der Waals surface area contributed by atoms with E-state index in [0.717, 1.165) is 3.57 Å². The second kappa shape index (κ2) is 8.30. The van der Waals surface area contributed by atoms with E-state index in [4.69, 9.17) is 21.1 Å². The van der Waals surface area contributed by atoms with Crippen molar-refractivity contribution in [3.05, 3.63) is 50.7 Å². The third-order valence-electron chi connectivity index (χ3n) is 2.72. The summed E-state index contributed by atoms with van der Waals surface area (Å²) in [5.74, 6) is 0.0847. The van der Waals surface area contributed by atoms with Crippen LogP contribution in [0.1, 0.15) is 10.4 Å². The fraction of sp³-hybridized carbons (Fsp3) is 0.200. The van der Waals surface area contributed by atoms with Gasteiger partial charge in [-0.05, 0) is 52.9 Å². The van der Waals surface area contributed by atoms with Crippen molar-refractivity contribution in [2.45, 2.75) is 0 Å². The molecule has 1 amide bonds. The lowest BCUT2D eigenvalue weighted by molar-refractivity contribution is 0.102. The Bertz CT molecular complexity index is 667. The summed E-state index contributed by atoms with van der Waals surface area (Å²) in [6.45, 7) is 0.793. The first-order valence-corrected chi connectivity index (χ1v) is 7.90. The Kier molecular flexibility index (Phi) is 6.41. The summed E-state index contributed by atoms with van der Waals surface area (Å²) in [7, 11) is 1.59. The largest absolute Gasteiger partial charge is 0.474 e. The second-order valence-electron chi connectivity index (χ2n) is 4.28. The van der Waals surface area contributed by atoms with Crippen molar-refractivity contribution in [1.82, 2.24) is 4.98 Å². The van der Waals surface area contributed by atoms with Crippen LogP contribution in [0.3, 0.4) is 0 Å². The molecule has 1 N–H and O–H groups in total. The normalized spacial score (nSPS) is 10.3. The average Bonchev–Trinajstić information content (AvgIpc) is 2.51. The minimum Gasteiger partial charge on any atom is -0.474 e. The molecule has 0 atom stereocenters. The maximum Gasteiger partial charge on any atom is 0.256 e. The van der Waals surface area contributed by atoms with Gasteiger partial charge in [0.25, 0.3) is 5.91 Å². The third-order valence-corrected chi connectivity index (χ3v) is 3.89. The van der Waals surface area contributed by atoms with Gasteiger partial charge in [0.05, 0.1) is 12.2 Å². The molecular formula is C15H14ClIN2O3. The molecule has 0 unspecified atom stereocenters. The number of carbonyl (C=O) groups excluding carboxylic acids is 1. The SMILES string of the molecule is COCCOc1ncccc1NC(=O)c1cc(Cl)ccc1I. The van der Waals surface area contributed by atoms with Crippen LogP contribution in [-0.2, 0) is 4.74 Å². The lowest BCUT2D eigenvalue weighted by Crippen LogP contribution is -2.15. The molecule has 0 radical (unpaired) electrons.